The first kappa shape index (κ1) is 24.0. The number of carbonyl (C=O) groups is 1. The molecule has 0 saturated heterocycles. The highest BCUT2D eigenvalue weighted by molar-refractivity contribution is 6.37. The van der Waals surface area contributed by atoms with Gasteiger partial charge in [-0.15, -0.1) is 0 Å². The molecule has 0 aliphatic carbocycles. The Labute approximate surface area is 205 Å². The quantitative estimate of drug-likeness (QED) is 0.275. The van der Waals surface area contributed by atoms with Crippen molar-refractivity contribution in [3.05, 3.63) is 97.0 Å². The molecule has 0 atom stereocenters. The molecule has 3 rings (SSSR count). The lowest BCUT2D eigenvalue weighted by molar-refractivity contribution is -0.112. The number of ether oxygens (including phenoxy) is 1. The number of carbonyl (C=O) groups excluding carboxylic acids is 1. The molecule has 4 nitrogen and oxygen atoms in total. The van der Waals surface area contributed by atoms with Crippen LogP contribution in [0.15, 0.2) is 60.2 Å². The average molecular weight is 506 g/mol. The topological polar surface area (TPSA) is 62.1 Å². The molecule has 3 aromatic rings. The molecule has 0 aromatic heterocycles. The summed E-state index contributed by atoms with van der Waals surface area (Å²) < 4.78 is 5.74. The van der Waals surface area contributed by atoms with Crippen molar-refractivity contribution in [2.75, 3.05) is 5.32 Å². The van der Waals surface area contributed by atoms with Crippen molar-refractivity contribution in [1.82, 2.24) is 0 Å². The molecule has 1 amide bonds. The van der Waals surface area contributed by atoms with E-state index in [0.29, 0.717) is 21.3 Å². The van der Waals surface area contributed by atoms with Crippen molar-refractivity contribution >= 4 is 64.1 Å². The highest BCUT2D eigenvalue weighted by Crippen LogP contribution is 2.36. The molecule has 1 N–H and O–H groups in total. The van der Waals surface area contributed by atoms with Crippen molar-refractivity contribution in [2.45, 2.75) is 13.5 Å². The number of hydrogen-bond donors (Lipinski definition) is 1. The first-order valence-corrected chi connectivity index (χ1v) is 10.8. The van der Waals surface area contributed by atoms with Crippen LogP contribution in [0.5, 0.6) is 5.75 Å². The minimum absolute atomic E-state index is 0.126. The number of nitrogens with one attached hydrogen (secondary N) is 1. The van der Waals surface area contributed by atoms with Crippen LogP contribution in [-0.4, -0.2) is 5.91 Å². The van der Waals surface area contributed by atoms with Crippen LogP contribution in [0.2, 0.25) is 20.1 Å². The highest BCUT2D eigenvalue weighted by Gasteiger charge is 2.14. The van der Waals surface area contributed by atoms with E-state index >= 15 is 0 Å². The summed E-state index contributed by atoms with van der Waals surface area (Å²) in [6.45, 7) is 2.03. The number of nitriles is 1. The van der Waals surface area contributed by atoms with Gasteiger partial charge in [-0.3, -0.25) is 4.79 Å². The number of halogens is 4. The zero-order valence-corrected chi connectivity index (χ0v) is 19.8. The van der Waals surface area contributed by atoms with Gasteiger partial charge in [0.1, 0.15) is 18.2 Å². The smallest absolute Gasteiger partial charge is 0.266 e. The molecule has 3 aromatic carbocycles. The van der Waals surface area contributed by atoms with E-state index in [-0.39, 0.29) is 28.0 Å². The van der Waals surface area contributed by atoms with Crippen LogP contribution < -0.4 is 10.1 Å². The first-order valence-electron chi connectivity index (χ1n) is 9.33. The molecule has 32 heavy (non-hydrogen) atoms. The molecule has 0 aliphatic rings. The number of aryl methyl sites for hydroxylation is 1. The van der Waals surface area contributed by atoms with Crippen LogP contribution in [0.4, 0.5) is 5.69 Å². The van der Waals surface area contributed by atoms with Gasteiger partial charge < -0.3 is 10.1 Å². The lowest BCUT2D eigenvalue weighted by atomic mass is 10.1. The van der Waals surface area contributed by atoms with E-state index in [0.717, 1.165) is 11.1 Å². The van der Waals surface area contributed by atoms with Gasteiger partial charge in [0, 0.05) is 21.3 Å². The Balaban J connectivity index is 1.78. The molecular formula is C24H16Cl4N2O2. The summed E-state index contributed by atoms with van der Waals surface area (Å²) in [5.41, 5.74) is 2.48. The largest absolute Gasteiger partial charge is 0.486 e. The maximum atomic E-state index is 12.5. The van der Waals surface area contributed by atoms with E-state index in [1.165, 1.54) is 6.08 Å². The molecule has 0 radical (unpaired) electrons. The van der Waals surface area contributed by atoms with E-state index in [9.17, 15) is 10.1 Å². The summed E-state index contributed by atoms with van der Waals surface area (Å²) in [5.74, 6) is -0.304. The zero-order valence-electron chi connectivity index (χ0n) is 16.8. The van der Waals surface area contributed by atoms with E-state index in [1.807, 2.05) is 31.2 Å². The van der Waals surface area contributed by atoms with Crippen LogP contribution in [0, 0.1) is 18.3 Å². The van der Waals surface area contributed by atoms with Crippen molar-refractivity contribution in [3.63, 3.8) is 0 Å². The number of nitrogens with zero attached hydrogens (tertiary/aromatic N) is 1. The second-order valence-corrected chi connectivity index (χ2v) is 8.41. The van der Waals surface area contributed by atoms with Gasteiger partial charge in [-0.05, 0) is 54.5 Å². The summed E-state index contributed by atoms with van der Waals surface area (Å²) in [7, 11) is 0. The molecule has 0 heterocycles. The summed E-state index contributed by atoms with van der Waals surface area (Å²) in [5, 5.41) is 13.7. The van der Waals surface area contributed by atoms with E-state index in [2.05, 4.69) is 5.32 Å². The average Bonchev–Trinajstić information content (AvgIpc) is 2.75. The zero-order chi connectivity index (χ0) is 23.3. The lowest BCUT2D eigenvalue weighted by Crippen LogP contribution is -2.13. The summed E-state index contributed by atoms with van der Waals surface area (Å²) in [6, 6.07) is 17.4. The van der Waals surface area contributed by atoms with Crippen LogP contribution in [0.3, 0.4) is 0 Å². The first-order chi connectivity index (χ1) is 15.3. The van der Waals surface area contributed by atoms with Gasteiger partial charge in [0.2, 0.25) is 0 Å². The van der Waals surface area contributed by atoms with Gasteiger partial charge in [0.25, 0.3) is 5.91 Å². The second kappa shape index (κ2) is 10.8. The second-order valence-electron chi connectivity index (χ2n) is 6.78. The van der Waals surface area contributed by atoms with Crippen molar-refractivity contribution in [2.24, 2.45) is 0 Å². The predicted molar refractivity (Wildman–Crippen MR) is 131 cm³/mol. The molecule has 0 aliphatic heterocycles. The molecule has 0 bridgehead atoms. The fourth-order valence-corrected chi connectivity index (χ4v) is 3.73. The normalized spacial score (nSPS) is 11.1. The van der Waals surface area contributed by atoms with Crippen molar-refractivity contribution < 1.29 is 9.53 Å². The Bertz CT molecular complexity index is 1230. The van der Waals surface area contributed by atoms with Gasteiger partial charge in [-0.2, -0.15) is 5.26 Å². The lowest BCUT2D eigenvalue weighted by Gasteiger charge is -2.12. The fraction of sp³-hybridized carbons (Fsp3) is 0.0833. The van der Waals surface area contributed by atoms with E-state index in [4.69, 9.17) is 51.1 Å². The van der Waals surface area contributed by atoms with E-state index < -0.39 is 5.91 Å². The monoisotopic (exact) mass is 504 g/mol. The third-order valence-corrected chi connectivity index (χ3v) is 5.79. The Kier molecular flexibility index (Phi) is 8.06. The van der Waals surface area contributed by atoms with Gasteiger partial charge in [-0.1, -0.05) is 70.7 Å². The van der Waals surface area contributed by atoms with Gasteiger partial charge in [0.05, 0.1) is 10.0 Å². The maximum Gasteiger partial charge on any atom is 0.266 e. The highest BCUT2D eigenvalue weighted by atomic mass is 35.5. The van der Waals surface area contributed by atoms with Crippen LogP contribution >= 0.6 is 46.4 Å². The Morgan fingerprint density at radius 3 is 2.31 bits per heavy atom. The van der Waals surface area contributed by atoms with Gasteiger partial charge >= 0.3 is 0 Å². The summed E-state index contributed by atoms with van der Waals surface area (Å²) in [4.78, 5) is 12.5. The standard InChI is InChI=1S/C24H16Cl4N2O2/c1-14-6-7-18(11-20(14)26)30-24(31)17(12-29)8-15-9-21(27)23(22(28)10-15)32-13-16-4-2-3-5-19(16)25/h2-11H,13H2,1H3,(H,30,31)/b17-8-. The molecule has 8 heteroatoms. The van der Waals surface area contributed by atoms with Crippen molar-refractivity contribution in [3.8, 4) is 11.8 Å². The molecule has 162 valence electrons. The molecule has 0 spiro atoms. The Hall–Kier alpha value is -2.68. The third kappa shape index (κ3) is 5.97. The SMILES string of the molecule is Cc1ccc(NC(=O)/C(C#N)=C\c2cc(Cl)c(OCc3ccccc3Cl)c(Cl)c2)cc1Cl. The predicted octanol–water partition coefficient (Wildman–Crippen LogP) is 7.73. The molecule has 0 fully saturated rings. The Morgan fingerprint density at radius 2 is 1.69 bits per heavy atom. The van der Waals surface area contributed by atoms with Crippen LogP contribution in [-0.2, 0) is 11.4 Å². The van der Waals surface area contributed by atoms with Crippen LogP contribution in [0.1, 0.15) is 16.7 Å². The number of amides is 1. The molecule has 0 unspecified atom stereocenters. The molecule has 0 saturated carbocycles. The van der Waals surface area contributed by atoms with Crippen molar-refractivity contribution in [1.29, 1.82) is 5.26 Å². The van der Waals surface area contributed by atoms with E-state index in [1.54, 1.807) is 36.4 Å². The number of anilines is 1. The summed E-state index contributed by atoms with van der Waals surface area (Å²) in [6.07, 6.45) is 1.39. The number of hydrogen-bond acceptors (Lipinski definition) is 3. The maximum absolute atomic E-state index is 12.5. The fourth-order valence-electron chi connectivity index (χ4n) is 2.75. The third-order valence-electron chi connectivity index (χ3n) is 4.46. The van der Waals surface area contributed by atoms with Crippen LogP contribution in [0.25, 0.3) is 6.08 Å². The van der Waals surface area contributed by atoms with Gasteiger partial charge in [-0.25, -0.2) is 0 Å². The minimum atomic E-state index is -0.585. The minimum Gasteiger partial charge on any atom is -0.486 e. The number of benzene rings is 3. The Morgan fingerprint density at radius 1 is 1.00 bits per heavy atom. The summed E-state index contributed by atoms with van der Waals surface area (Å²) >= 11 is 24.9. The van der Waals surface area contributed by atoms with Gasteiger partial charge in [0.15, 0.2) is 5.75 Å². The number of rotatable bonds is 6. The molecular weight excluding hydrogens is 490 g/mol.